The summed E-state index contributed by atoms with van der Waals surface area (Å²) in [4.78, 5) is 23.8. The summed E-state index contributed by atoms with van der Waals surface area (Å²) in [6.07, 6.45) is 0.255. The Morgan fingerprint density at radius 1 is 1.25 bits per heavy atom. The van der Waals surface area contributed by atoms with Gasteiger partial charge in [-0.1, -0.05) is 30.3 Å². The summed E-state index contributed by atoms with van der Waals surface area (Å²) in [6.45, 7) is 0. The normalized spacial score (nSPS) is 11.8. The van der Waals surface area contributed by atoms with E-state index in [2.05, 4.69) is 21.2 Å². The summed E-state index contributed by atoms with van der Waals surface area (Å²) in [5.41, 5.74) is 0.866. The Bertz CT molecular complexity index is 612. The van der Waals surface area contributed by atoms with Crippen molar-refractivity contribution in [2.45, 2.75) is 12.5 Å². The molecule has 0 aliphatic rings. The molecule has 104 valence electrons. The van der Waals surface area contributed by atoms with Crippen molar-refractivity contribution in [1.29, 1.82) is 0 Å². The van der Waals surface area contributed by atoms with Crippen molar-refractivity contribution in [3.63, 3.8) is 0 Å². The Balaban J connectivity index is 2.09. The largest absolute Gasteiger partial charge is 0.480 e. The van der Waals surface area contributed by atoms with Crippen molar-refractivity contribution in [2.24, 2.45) is 0 Å². The summed E-state index contributed by atoms with van der Waals surface area (Å²) >= 11 is 4.53. The van der Waals surface area contributed by atoms with Gasteiger partial charge in [-0.2, -0.15) is 0 Å². The third-order valence-corrected chi connectivity index (χ3v) is 4.55. The first-order valence-electron chi connectivity index (χ1n) is 5.88. The molecule has 0 saturated carbocycles. The number of benzene rings is 1. The van der Waals surface area contributed by atoms with E-state index in [1.54, 1.807) is 11.4 Å². The number of carboxylic acids is 1. The smallest absolute Gasteiger partial charge is 0.326 e. The van der Waals surface area contributed by atoms with Crippen LogP contribution in [-0.2, 0) is 11.2 Å². The van der Waals surface area contributed by atoms with E-state index < -0.39 is 12.0 Å². The molecule has 0 fully saturated rings. The number of carbonyl (C=O) groups is 2. The number of hydrogen-bond donors (Lipinski definition) is 2. The van der Waals surface area contributed by atoms with Crippen LogP contribution in [0.4, 0.5) is 0 Å². The zero-order valence-corrected chi connectivity index (χ0v) is 12.8. The lowest BCUT2D eigenvalue weighted by Crippen LogP contribution is -2.42. The molecule has 2 N–H and O–H groups in total. The SMILES string of the molecule is O=C(N[C@@H](Cc1ccccc1)C(=O)O)c1sccc1Br. The molecule has 20 heavy (non-hydrogen) atoms. The molecule has 1 heterocycles. The van der Waals surface area contributed by atoms with Crippen LogP contribution in [0.3, 0.4) is 0 Å². The molecule has 2 aromatic rings. The third-order valence-electron chi connectivity index (χ3n) is 2.71. The fraction of sp³-hybridized carbons (Fsp3) is 0.143. The highest BCUT2D eigenvalue weighted by Crippen LogP contribution is 2.22. The van der Waals surface area contributed by atoms with E-state index in [-0.39, 0.29) is 12.3 Å². The van der Waals surface area contributed by atoms with Gasteiger partial charge >= 0.3 is 5.97 Å². The van der Waals surface area contributed by atoms with Gasteiger partial charge in [0.25, 0.3) is 5.91 Å². The fourth-order valence-electron chi connectivity index (χ4n) is 1.73. The first-order chi connectivity index (χ1) is 9.58. The summed E-state index contributed by atoms with van der Waals surface area (Å²) in [5, 5.41) is 13.5. The molecule has 1 aromatic heterocycles. The third kappa shape index (κ3) is 3.68. The maximum Gasteiger partial charge on any atom is 0.326 e. The number of thiophene rings is 1. The molecule has 4 nitrogen and oxygen atoms in total. The standard InChI is InChI=1S/C14H12BrNO3S/c15-10-6-7-20-12(10)13(17)16-11(14(18)19)8-9-4-2-1-3-5-9/h1-7,11H,8H2,(H,16,17)(H,18,19)/t11-/m0/s1. The predicted molar refractivity (Wildman–Crippen MR) is 81.1 cm³/mol. The number of aliphatic carboxylic acids is 1. The zero-order valence-electron chi connectivity index (χ0n) is 10.4. The lowest BCUT2D eigenvalue weighted by Gasteiger charge is -2.14. The highest BCUT2D eigenvalue weighted by Gasteiger charge is 2.22. The van der Waals surface area contributed by atoms with Gasteiger partial charge in [0, 0.05) is 10.9 Å². The average molecular weight is 354 g/mol. The number of amides is 1. The van der Waals surface area contributed by atoms with E-state index in [4.69, 9.17) is 0 Å². The van der Waals surface area contributed by atoms with Gasteiger partial charge in [-0.3, -0.25) is 4.79 Å². The minimum atomic E-state index is -1.05. The van der Waals surface area contributed by atoms with Crippen LogP contribution in [0.5, 0.6) is 0 Å². The molecule has 1 amide bonds. The van der Waals surface area contributed by atoms with Crippen LogP contribution in [0.25, 0.3) is 0 Å². The molecule has 0 aliphatic heterocycles. The van der Waals surface area contributed by atoms with Crippen molar-refractivity contribution in [1.82, 2.24) is 5.32 Å². The number of carboxylic acid groups (broad SMARTS) is 1. The minimum Gasteiger partial charge on any atom is -0.480 e. The first-order valence-corrected chi connectivity index (χ1v) is 7.56. The highest BCUT2D eigenvalue weighted by molar-refractivity contribution is 9.10. The van der Waals surface area contributed by atoms with Crippen molar-refractivity contribution in [3.8, 4) is 0 Å². The number of carbonyl (C=O) groups excluding carboxylic acids is 1. The van der Waals surface area contributed by atoms with Crippen LogP contribution < -0.4 is 5.32 Å². The number of rotatable bonds is 5. The van der Waals surface area contributed by atoms with Gasteiger partial charge in [0.1, 0.15) is 10.9 Å². The van der Waals surface area contributed by atoms with Crippen LogP contribution in [0, 0.1) is 0 Å². The van der Waals surface area contributed by atoms with E-state index in [1.807, 2.05) is 30.3 Å². The van der Waals surface area contributed by atoms with Gasteiger partial charge in [-0.15, -0.1) is 11.3 Å². The average Bonchev–Trinajstić information content (AvgIpc) is 2.85. The molecular formula is C14H12BrNO3S. The molecule has 6 heteroatoms. The van der Waals surface area contributed by atoms with Crippen LogP contribution in [0.15, 0.2) is 46.3 Å². The Labute approximate surface area is 128 Å². The predicted octanol–water partition coefficient (Wildman–Crippen LogP) is 2.94. The molecule has 1 atom stereocenters. The Kier molecular flexibility index (Phi) is 4.92. The summed E-state index contributed by atoms with van der Waals surface area (Å²) < 4.78 is 0.670. The van der Waals surface area contributed by atoms with Crippen molar-refractivity contribution in [2.75, 3.05) is 0 Å². The van der Waals surface area contributed by atoms with Gasteiger partial charge < -0.3 is 10.4 Å². The molecule has 0 bridgehead atoms. The quantitative estimate of drug-likeness (QED) is 0.868. The Hall–Kier alpha value is -1.66. The second kappa shape index (κ2) is 6.67. The molecule has 0 saturated heterocycles. The monoisotopic (exact) mass is 353 g/mol. The van der Waals surface area contributed by atoms with E-state index in [1.165, 1.54) is 11.3 Å². The van der Waals surface area contributed by atoms with E-state index in [0.29, 0.717) is 9.35 Å². The molecule has 0 radical (unpaired) electrons. The molecule has 0 aliphatic carbocycles. The molecule has 0 unspecified atom stereocenters. The van der Waals surface area contributed by atoms with Gasteiger partial charge in [0.05, 0.1) is 0 Å². The van der Waals surface area contributed by atoms with Gasteiger partial charge in [0.2, 0.25) is 0 Å². The van der Waals surface area contributed by atoms with Gasteiger partial charge in [0.15, 0.2) is 0 Å². The second-order valence-electron chi connectivity index (χ2n) is 4.15. The fourth-order valence-corrected chi connectivity index (χ4v) is 3.18. The van der Waals surface area contributed by atoms with Crippen molar-refractivity contribution in [3.05, 3.63) is 56.7 Å². The molecule has 2 rings (SSSR count). The molecule has 0 spiro atoms. The summed E-state index contributed by atoms with van der Waals surface area (Å²) in [6, 6.07) is 10.0. The maximum absolute atomic E-state index is 12.0. The summed E-state index contributed by atoms with van der Waals surface area (Å²) in [7, 11) is 0. The highest BCUT2D eigenvalue weighted by atomic mass is 79.9. The second-order valence-corrected chi connectivity index (χ2v) is 5.92. The number of nitrogens with one attached hydrogen (secondary N) is 1. The number of halogens is 1. The van der Waals surface area contributed by atoms with Crippen molar-refractivity contribution >= 4 is 39.1 Å². The van der Waals surface area contributed by atoms with Crippen LogP contribution in [0.1, 0.15) is 15.2 Å². The Morgan fingerprint density at radius 3 is 2.50 bits per heavy atom. The van der Waals surface area contributed by atoms with Crippen LogP contribution in [-0.4, -0.2) is 23.0 Å². The first kappa shape index (κ1) is 14.7. The molecule has 1 aromatic carbocycles. The van der Waals surface area contributed by atoms with Gasteiger partial charge in [-0.05, 0) is 32.9 Å². The topological polar surface area (TPSA) is 66.4 Å². The maximum atomic E-state index is 12.0. The summed E-state index contributed by atoms with van der Waals surface area (Å²) in [5.74, 6) is -1.43. The van der Waals surface area contributed by atoms with Crippen LogP contribution >= 0.6 is 27.3 Å². The van der Waals surface area contributed by atoms with Crippen molar-refractivity contribution < 1.29 is 14.7 Å². The lowest BCUT2D eigenvalue weighted by molar-refractivity contribution is -0.139. The molecular weight excluding hydrogens is 342 g/mol. The zero-order chi connectivity index (χ0) is 14.5. The lowest BCUT2D eigenvalue weighted by atomic mass is 10.1. The Morgan fingerprint density at radius 2 is 1.95 bits per heavy atom. The van der Waals surface area contributed by atoms with Gasteiger partial charge in [-0.25, -0.2) is 4.79 Å². The van der Waals surface area contributed by atoms with E-state index >= 15 is 0 Å². The minimum absolute atomic E-state index is 0.255. The van der Waals surface area contributed by atoms with E-state index in [0.717, 1.165) is 5.56 Å². The number of hydrogen-bond acceptors (Lipinski definition) is 3. The van der Waals surface area contributed by atoms with Crippen LogP contribution in [0.2, 0.25) is 0 Å². The van der Waals surface area contributed by atoms with E-state index in [9.17, 15) is 14.7 Å².